The van der Waals surface area contributed by atoms with Crippen molar-refractivity contribution in [3.8, 4) is 0 Å². The van der Waals surface area contributed by atoms with Gasteiger partial charge in [-0.25, -0.2) is 0 Å². The summed E-state index contributed by atoms with van der Waals surface area (Å²) in [4.78, 5) is 0. The lowest BCUT2D eigenvalue weighted by molar-refractivity contribution is -0.137. The normalized spacial score (nSPS) is 15.2. The van der Waals surface area contributed by atoms with Crippen molar-refractivity contribution in [2.75, 3.05) is 6.54 Å². The van der Waals surface area contributed by atoms with Crippen LogP contribution in [-0.2, 0) is 6.18 Å². The highest BCUT2D eigenvalue weighted by Gasteiger charge is 2.31. The molecule has 0 fully saturated rings. The van der Waals surface area contributed by atoms with Crippen molar-refractivity contribution in [3.05, 3.63) is 33.8 Å². The van der Waals surface area contributed by atoms with Crippen molar-refractivity contribution in [3.63, 3.8) is 0 Å². The van der Waals surface area contributed by atoms with Crippen LogP contribution in [-0.4, -0.2) is 12.6 Å². The predicted molar refractivity (Wildman–Crippen MR) is 79.9 cm³/mol. The van der Waals surface area contributed by atoms with Crippen LogP contribution in [0.3, 0.4) is 0 Å². The minimum Gasteiger partial charge on any atom is -0.314 e. The molecule has 114 valence electrons. The molecule has 2 atom stereocenters. The molecule has 0 saturated heterocycles. The molecule has 0 amide bonds. The van der Waals surface area contributed by atoms with Crippen LogP contribution < -0.4 is 5.32 Å². The molecular weight excluding hydrogens is 331 g/mol. The SMILES string of the molecule is CCCNC(C)C(CC)c1ccc(C(F)(F)F)cc1Br. The van der Waals surface area contributed by atoms with E-state index in [1.165, 1.54) is 6.07 Å². The number of halogens is 4. The van der Waals surface area contributed by atoms with Crippen molar-refractivity contribution < 1.29 is 13.2 Å². The third kappa shape index (κ3) is 4.48. The average Bonchev–Trinajstić information content (AvgIpc) is 2.37. The summed E-state index contributed by atoms with van der Waals surface area (Å²) in [6, 6.07) is 4.15. The van der Waals surface area contributed by atoms with Gasteiger partial charge in [0, 0.05) is 10.5 Å². The average molecular weight is 352 g/mol. The van der Waals surface area contributed by atoms with Crippen molar-refractivity contribution in [1.29, 1.82) is 0 Å². The fourth-order valence-electron chi connectivity index (χ4n) is 2.36. The Morgan fingerprint density at radius 3 is 2.35 bits per heavy atom. The highest BCUT2D eigenvalue weighted by molar-refractivity contribution is 9.10. The van der Waals surface area contributed by atoms with E-state index in [1.54, 1.807) is 6.07 Å². The molecule has 1 aromatic carbocycles. The van der Waals surface area contributed by atoms with E-state index in [1.807, 2.05) is 0 Å². The Bertz CT molecular complexity index is 432. The van der Waals surface area contributed by atoms with Crippen LogP contribution in [0, 0.1) is 0 Å². The molecule has 0 aliphatic heterocycles. The molecule has 1 N–H and O–H groups in total. The summed E-state index contributed by atoms with van der Waals surface area (Å²) in [5.74, 6) is 0.193. The number of hydrogen-bond acceptors (Lipinski definition) is 1. The molecule has 1 aromatic rings. The van der Waals surface area contributed by atoms with E-state index in [0.717, 1.165) is 31.0 Å². The molecule has 0 radical (unpaired) electrons. The molecule has 0 heterocycles. The first-order chi connectivity index (χ1) is 9.31. The summed E-state index contributed by atoms with van der Waals surface area (Å²) >= 11 is 3.29. The molecule has 0 spiro atoms. The van der Waals surface area contributed by atoms with Gasteiger partial charge in [0.1, 0.15) is 0 Å². The van der Waals surface area contributed by atoms with E-state index in [-0.39, 0.29) is 12.0 Å². The van der Waals surface area contributed by atoms with E-state index >= 15 is 0 Å². The second kappa shape index (κ2) is 7.46. The summed E-state index contributed by atoms with van der Waals surface area (Å²) in [6.07, 6.45) is -2.38. The van der Waals surface area contributed by atoms with Gasteiger partial charge in [-0.05, 0) is 49.9 Å². The molecule has 0 aliphatic carbocycles. The molecular formula is C15H21BrF3N. The zero-order valence-corrected chi connectivity index (χ0v) is 13.6. The molecule has 0 aliphatic rings. The Kier molecular flexibility index (Phi) is 6.52. The lowest BCUT2D eigenvalue weighted by Gasteiger charge is -2.25. The molecule has 1 nitrogen and oxygen atoms in total. The molecule has 2 unspecified atom stereocenters. The van der Waals surface area contributed by atoms with Gasteiger partial charge in [0.2, 0.25) is 0 Å². The minimum atomic E-state index is -4.30. The fraction of sp³-hybridized carbons (Fsp3) is 0.600. The summed E-state index contributed by atoms with van der Waals surface area (Å²) < 4.78 is 38.6. The second-order valence-electron chi connectivity index (χ2n) is 4.99. The van der Waals surface area contributed by atoms with Crippen molar-refractivity contribution in [2.45, 2.75) is 51.7 Å². The van der Waals surface area contributed by atoms with Crippen molar-refractivity contribution >= 4 is 15.9 Å². The molecule has 0 bridgehead atoms. The Labute approximate surface area is 127 Å². The highest BCUT2D eigenvalue weighted by Crippen LogP contribution is 2.36. The first-order valence-corrected chi connectivity index (χ1v) is 7.70. The summed E-state index contributed by atoms with van der Waals surface area (Å²) in [5, 5.41) is 3.41. The van der Waals surface area contributed by atoms with E-state index in [0.29, 0.717) is 4.47 Å². The first kappa shape index (κ1) is 17.5. The predicted octanol–water partition coefficient (Wildman–Crippen LogP) is 5.35. The molecule has 0 aromatic heterocycles. The zero-order chi connectivity index (χ0) is 15.3. The molecule has 1 rings (SSSR count). The zero-order valence-electron chi connectivity index (χ0n) is 12.0. The summed E-state index contributed by atoms with van der Waals surface area (Å²) in [5.41, 5.74) is 0.314. The molecule has 20 heavy (non-hydrogen) atoms. The number of nitrogens with one attached hydrogen (secondary N) is 1. The lowest BCUT2D eigenvalue weighted by Crippen LogP contribution is -2.32. The van der Waals surface area contributed by atoms with Crippen LogP contribution in [0.1, 0.15) is 50.7 Å². The quantitative estimate of drug-likeness (QED) is 0.728. The van der Waals surface area contributed by atoms with Crippen LogP contribution in [0.25, 0.3) is 0 Å². The van der Waals surface area contributed by atoms with Gasteiger partial charge in [-0.2, -0.15) is 13.2 Å². The second-order valence-corrected chi connectivity index (χ2v) is 5.85. The maximum Gasteiger partial charge on any atom is 0.416 e. The van der Waals surface area contributed by atoms with Crippen molar-refractivity contribution in [2.24, 2.45) is 0 Å². The van der Waals surface area contributed by atoms with Gasteiger partial charge in [0.15, 0.2) is 0 Å². The van der Waals surface area contributed by atoms with Gasteiger partial charge in [0.25, 0.3) is 0 Å². The largest absolute Gasteiger partial charge is 0.416 e. The third-order valence-corrected chi connectivity index (χ3v) is 4.17. The van der Waals surface area contributed by atoms with E-state index in [4.69, 9.17) is 0 Å². The van der Waals surface area contributed by atoms with Crippen molar-refractivity contribution in [1.82, 2.24) is 5.32 Å². The maximum absolute atomic E-state index is 12.7. The third-order valence-electron chi connectivity index (χ3n) is 3.49. The number of rotatable bonds is 6. The number of hydrogen-bond donors (Lipinski definition) is 1. The molecule has 5 heteroatoms. The smallest absolute Gasteiger partial charge is 0.314 e. The van der Waals surface area contributed by atoms with E-state index in [2.05, 4.69) is 42.0 Å². The summed E-state index contributed by atoms with van der Waals surface area (Å²) in [6.45, 7) is 7.14. The topological polar surface area (TPSA) is 12.0 Å². The molecule has 0 saturated carbocycles. The first-order valence-electron chi connectivity index (χ1n) is 6.91. The van der Waals surface area contributed by atoms with Crippen LogP contribution in [0.4, 0.5) is 13.2 Å². The Morgan fingerprint density at radius 2 is 1.90 bits per heavy atom. The lowest BCUT2D eigenvalue weighted by atomic mass is 9.89. The standard InChI is InChI=1S/C15H21BrF3N/c1-4-8-20-10(3)12(5-2)13-7-6-11(9-14(13)16)15(17,18)19/h6-7,9-10,12,20H,4-5,8H2,1-3H3. The Hall–Kier alpha value is -0.550. The maximum atomic E-state index is 12.7. The monoisotopic (exact) mass is 351 g/mol. The van der Waals surface area contributed by atoms with Gasteiger partial charge >= 0.3 is 6.18 Å². The fourth-order valence-corrected chi connectivity index (χ4v) is 3.03. The van der Waals surface area contributed by atoms with Crippen LogP contribution in [0.5, 0.6) is 0 Å². The summed E-state index contributed by atoms with van der Waals surface area (Å²) in [7, 11) is 0. The van der Waals surface area contributed by atoms with Gasteiger partial charge < -0.3 is 5.32 Å². The minimum absolute atomic E-state index is 0.193. The van der Waals surface area contributed by atoms with Gasteiger partial charge in [0.05, 0.1) is 5.56 Å². The van der Waals surface area contributed by atoms with Crippen LogP contribution >= 0.6 is 15.9 Å². The van der Waals surface area contributed by atoms with Crippen LogP contribution in [0.2, 0.25) is 0 Å². The Morgan fingerprint density at radius 1 is 1.25 bits per heavy atom. The van der Waals surface area contributed by atoms with Gasteiger partial charge in [-0.3, -0.25) is 0 Å². The number of alkyl halides is 3. The van der Waals surface area contributed by atoms with E-state index in [9.17, 15) is 13.2 Å². The Balaban J connectivity index is 2.99. The highest BCUT2D eigenvalue weighted by atomic mass is 79.9. The number of benzene rings is 1. The van der Waals surface area contributed by atoms with Crippen LogP contribution in [0.15, 0.2) is 22.7 Å². The van der Waals surface area contributed by atoms with Gasteiger partial charge in [-0.1, -0.05) is 35.8 Å². The van der Waals surface area contributed by atoms with Gasteiger partial charge in [-0.15, -0.1) is 0 Å². The van der Waals surface area contributed by atoms with E-state index < -0.39 is 11.7 Å².